The van der Waals surface area contributed by atoms with E-state index in [1.807, 2.05) is 30.3 Å². The maximum absolute atomic E-state index is 12.7. The first kappa shape index (κ1) is 20.2. The Kier molecular flexibility index (Phi) is 6.80. The van der Waals surface area contributed by atoms with Gasteiger partial charge in [-0.1, -0.05) is 55.2 Å². The third-order valence-corrected chi connectivity index (χ3v) is 5.87. The Morgan fingerprint density at radius 2 is 1.81 bits per heavy atom. The van der Waals surface area contributed by atoms with Gasteiger partial charge in [-0.25, -0.2) is 0 Å². The Labute approximate surface area is 171 Å². The van der Waals surface area contributed by atoms with Crippen LogP contribution < -0.4 is 5.32 Å². The number of amides is 1. The molecule has 1 aliphatic rings. The zero-order chi connectivity index (χ0) is 19.4. The number of hydrogen-bond acceptors (Lipinski definition) is 2. The lowest BCUT2D eigenvalue weighted by atomic mass is 9.96. The third-order valence-electron chi connectivity index (χ3n) is 5.16. The van der Waals surface area contributed by atoms with Crippen molar-refractivity contribution >= 4 is 34.8 Å². The summed E-state index contributed by atoms with van der Waals surface area (Å²) < 4.78 is 0. The summed E-state index contributed by atoms with van der Waals surface area (Å²) in [5, 5.41) is 4.43. The second kappa shape index (κ2) is 9.09. The average Bonchev–Trinajstić information content (AvgIpc) is 2.65. The molecule has 0 spiro atoms. The number of halogens is 2. The molecule has 3 nitrogen and oxygen atoms in total. The van der Waals surface area contributed by atoms with Crippen molar-refractivity contribution in [3.05, 3.63) is 63.6 Å². The summed E-state index contributed by atoms with van der Waals surface area (Å²) in [5.74, 6) is 0.547. The number of carbonyl (C=O) groups excluding carboxylic acids is 1. The van der Waals surface area contributed by atoms with E-state index in [1.165, 1.54) is 5.56 Å². The lowest BCUT2D eigenvalue weighted by Crippen LogP contribution is -2.40. The number of anilines is 1. The molecule has 0 aromatic heterocycles. The summed E-state index contributed by atoms with van der Waals surface area (Å²) in [6.45, 7) is 6.67. The molecule has 1 N–H and O–H groups in total. The number of rotatable bonds is 5. The summed E-state index contributed by atoms with van der Waals surface area (Å²) >= 11 is 12.6. The fraction of sp³-hybridized carbons (Fsp3) is 0.409. The van der Waals surface area contributed by atoms with Crippen molar-refractivity contribution in [1.82, 2.24) is 4.90 Å². The van der Waals surface area contributed by atoms with Gasteiger partial charge in [0.15, 0.2) is 0 Å². The zero-order valence-electron chi connectivity index (χ0n) is 15.8. The van der Waals surface area contributed by atoms with Gasteiger partial charge in [-0.15, -0.1) is 0 Å². The minimum Gasteiger partial charge on any atom is -0.326 e. The largest absolute Gasteiger partial charge is 0.326 e. The summed E-state index contributed by atoms with van der Waals surface area (Å²) in [7, 11) is 0. The number of likely N-dealkylation sites (tertiary alicyclic amines) is 1. The molecule has 0 unspecified atom stereocenters. The van der Waals surface area contributed by atoms with Crippen LogP contribution in [-0.4, -0.2) is 23.9 Å². The van der Waals surface area contributed by atoms with Crippen molar-refractivity contribution in [1.29, 1.82) is 0 Å². The minimum absolute atomic E-state index is 0.0233. The van der Waals surface area contributed by atoms with Crippen LogP contribution in [0.15, 0.2) is 42.5 Å². The predicted octanol–water partition coefficient (Wildman–Crippen LogP) is 5.97. The molecule has 1 amide bonds. The Balaban J connectivity index is 1.61. The van der Waals surface area contributed by atoms with Crippen molar-refractivity contribution in [2.75, 3.05) is 18.4 Å². The van der Waals surface area contributed by atoms with Crippen molar-refractivity contribution in [3.63, 3.8) is 0 Å². The molecule has 0 saturated carbocycles. The lowest BCUT2D eigenvalue weighted by Gasteiger charge is -2.32. The molecule has 1 saturated heterocycles. The van der Waals surface area contributed by atoms with Crippen LogP contribution in [0, 0.1) is 5.92 Å². The lowest BCUT2D eigenvalue weighted by molar-refractivity contribution is -0.121. The monoisotopic (exact) mass is 404 g/mol. The maximum atomic E-state index is 12.7. The molecular weight excluding hydrogens is 379 g/mol. The number of hydrogen-bond donors (Lipinski definition) is 1. The Morgan fingerprint density at radius 1 is 1.15 bits per heavy atom. The average molecular weight is 405 g/mol. The standard InChI is InChI=1S/C22H26Cl2N2O/c1-15(2)16-8-10-18(11-9-16)25-22(27)17-5-4-12-26(13-17)14-19-20(23)6-3-7-21(19)24/h3,6-11,15,17H,4-5,12-14H2,1-2H3,(H,25,27)/t17-/m0/s1. The van der Waals surface area contributed by atoms with Gasteiger partial charge in [0.2, 0.25) is 5.91 Å². The predicted molar refractivity (Wildman–Crippen MR) is 114 cm³/mol. The maximum Gasteiger partial charge on any atom is 0.228 e. The van der Waals surface area contributed by atoms with Gasteiger partial charge in [0.05, 0.1) is 5.92 Å². The smallest absolute Gasteiger partial charge is 0.228 e. The summed E-state index contributed by atoms with van der Waals surface area (Å²) in [4.78, 5) is 15.0. The SMILES string of the molecule is CC(C)c1ccc(NC(=O)[C@H]2CCCN(Cc3c(Cl)cccc3Cl)C2)cc1. The molecule has 2 aromatic carbocycles. The van der Waals surface area contributed by atoms with E-state index in [0.717, 1.165) is 37.2 Å². The van der Waals surface area contributed by atoms with Gasteiger partial charge < -0.3 is 5.32 Å². The highest BCUT2D eigenvalue weighted by molar-refractivity contribution is 6.35. The molecule has 2 aromatic rings. The number of nitrogens with one attached hydrogen (secondary N) is 1. The van der Waals surface area contributed by atoms with Crippen molar-refractivity contribution < 1.29 is 4.79 Å². The van der Waals surface area contributed by atoms with Gasteiger partial charge >= 0.3 is 0 Å². The highest BCUT2D eigenvalue weighted by Crippen LogP contribution is 2.28. The molecule has 5 heteroatoms. The Morgan fingerprint density at radius 3 is 2.44 bits per heavy atom. The quantitative estimate of drug-likeness (QED) is 0.665. The normalized spacial score (nSPS) is 17.9. The fourth-order valence-corrected chi connectivity index (χ4v) is 4.03. The van der Waals surface area contributed by atoms with Crippen LogP contribution in [0.5, 0.6) is 0 Å². The minimum atomic E-state index is -0.0233. The van der Waals surface area contributed by atoms with Crippen LogP contribution in [0.4, 0.5) is 5.69 Å². The first-order valence-electron chi connectivity index (χ1n) is 9.50. The van der Waals surface area contributed by atoms with E-state index in [9.17, 15) is 4.79 Å². The van der Waals surface area contributed by atoms with Crippen LogP contribution in [0.3, 0.4) is 0 Å². The van der Waals surface area contributed by atoms with E-state index < -0.39 is 0 Å². The number of benzene rings is 2. The van der Waals surface area contributed by atoms with Crippen molar-refractivity contribution in [3.8, 4) is 0 Å². The summed E-state index contributed by atoms with van der Waals surface area (Å²) in [5.41, 5.74) is 3.07. The first-order chi connectivity index (χ1) is 12.9. The van der Waals surface area contributed by atoms with Crippen LogP contribution in [0.25, 0.3) is 0 Å². The fourth-order valence-electron chi connectivity index (χ4n) is 3.52. The topological polar surface area (TPSA) is 32.3 Å². The van der Waals surface area contributed by atoms with E-state index in [4.69, 9.17) is 23.2 Å². The van der Waals surface area contributed by atoms with Crippen LogP contribution >= 0.6 is 23.2 Å². The van der Waals surface area contributed by atoms with E-state index in [1.54, 1.807) is 0 Å². The van der Waals surface area contributed by atoms with Gasteiger partial charge in [0, 0.05) is 34.4 Å². The molecule has 1 heterocycles. The highest BCUT2D eigenvalue weighted by atomic mass is 35.5. The molecule has 144 valence electrons. The van der Waals surface area contributed by atoms with Crippen LogP contribution in [0.1, 0.15) is 43.7 Å². The van der Waals surface area contributed by atoms with E-state index in [-0.39, 0.29) is 11.8 Å². The molecule has 1 fully saturated rings. The molecule has 1 atom stereocenters. The van der Waals surface area contributed by atoms with Crippen LogP contribution in [-0.2, 0) is 11.3 Å². The molecule has 3 rings (SSSR count). The summed E-state index contributed by atoms with van der Waals surface area (Å²) in [6, 6.07) is 13.7. The Bertz CT molecular complexity index is 769. The van der Waals surface area contributed by atoms with E-state index >= 15 is 0 Å². The number of nitrogens with zero attached hydrogens (tertiary/aromatic N) is 1. The molecule has 27 heavy (non-hydrogen) atoms. The van der Waals surface area contributed by atoms with Crippen LogP contribution in [0.2, 0.25) is 10.0 Å². The third kappa shape index (κ3) is 5.25. The zero-order valence-corrected chi connectivity index (χ0v) is 17.4. The molecule has 0 aliphatic carbocycles. The first-order valence-corrected chi connectivity index (χ1v) is 10.3. The number of carbonyl (C=O) groups is 1. The molecule has 0 bridgehead atoms. The van der Waals surface area contributed by atoms with E-state index in [2.05, 4.69) is 36.2 Å². The highest BCUT2D eigenvalue weighted by Gasteiger charge is 2.26. The molecule has 1 aliphatic heterocycles. The van der Waals surface area contributed by atoms with Gasteiger partial charge in [-0.2, -0.15) is 0 Å². The summed E-state index contributed by atoms with van der Waals surface area (Å²) in [6.07, 6.45) is 1.90. The number of piperidine rings is 1. The Hall–Kier alpha value is -1.55. The van der Waals surface area contributed by atoms with Gasteiger partial charge in [-0.05, 0) is 55.1 Å². The second-order valence-corrected chi connectivity index (χ2v) is 8.35. The van der Waals surface area contributed by atoms with Gasteiger partial charge in [0.1, 0.15) is 0 Å². The van der Waals surface area contributed by atoms with Gasteiger partial charge in [0.25, 0.3) is 0 Å². The van der Waals surface area contributed by atoms with Crippen molar-refractivity contribution in [2.24, 2.45) is 5.92 Å². The molecular formula is C22H26Cl2N2O. The van der Waals surface area contributed by atoms with Crippen molar-refractivity contribution in [2.45, 2.75) is 39.2 Å². The second-order valence-electron chi connectivity index (χ2n) is 7.54. The molecule has 0 radical (unpaired) electrons. The van der Waals surface area contributed by atoms with Gasteiger partial charge in [-0.3, -0.25) is 9.69 Å². The van der Waals surface area contributed by atoms with E-state index in [0.29, 0.717) is 22.5 Å².